The highest BCUT2D eigenvalue weighted by molar-refractivity contribution is 7.89. The number of halogens is 2. The van der Waals surface area contributed by atoms with E-state index in [4.69, 9.17) is 11.6 Å². The average molecular weight is 539 g/mol. The molecule has 11 heteroatoms. The molecule has 2 amide bonds. The first-order chi connectivity index (χ1) is 17.1. The lowest BCUT2D eigenvalue weighted by atomic mass is 10.0. The summed E-state index contributed by atoms with van der Waals surface area (Å²) in [6.45, 7) is 4.42. The second-order valence-electron chi connectivity index (χ2n) is 9.22. The van der Waals surface area contributed by atoms with Crippen molar-refractivity contribution in [2.75, 3.05) is 18.4 Å². The SMILES string of the molecule is CC(C)C[C@H](NC(=O)C1Cc2ccccc2N1)C(=O)NCCCCNS(=O)(=O)c1ccc(F)cc1Cl. The first-order valence-corrected chi connectivity index (χ1v) is 13.8. The van der Waals surface area contributed by atoms with E-state index in [1.54, 1.807) is 0 Å². The van der Waals surface area contributed by atoms with Crippen LogP contribution in [-0.2, 0) is 26.0 Å². The summed E-state index contributed by atoms with van der Waals surface area (Å²) in [5.41, 5.74) is 2.00. The van der Waals surface area contributed by atoms with E-state index in [1.807, 2.05) is 38.1 Å². The van der Waals surface area contributed by atoms with Gasteiger partial charge in [-0.1, -0.05) is 43.6 Å². The third-order valence-electron chi connectivity index (χ3n) is 5.81. The molecule has 1 heterocycles. The number of rotatable bonds is 12. The minimum Gasteiger partial charge on any atom is -0.373 e. The summed E-state index contributed by atoms with van der Waals surface area (Å²) >= 11 is 5.84. The third-order valence-corrected chi connectivity index (χ3v) is 7.75. The van der Waals surface area contributed by atoms with Crippen molar-refractivity contribution in [1.82, 2.24) is 15.4 Å². The van der Waals surface area contributed by atoms with E-state index >= 15 is 0 Å². The largest absolute Gasteiger partial charge is 0.373 e. The van der Waals surface area contributed by atoms with E-state index in [1.165, 1.54) is 0 Å². The number of anilines is 1. The first kappa shape index (κ1) is 27.9. The summed E-state index contributed by atoms with van der Waals surface area (Å²) in [6, 6.07) is 9.74. The number of benzene rings is 2. The molecule has 2 aromatic carbocycles. The summed E-state index contributed by atoms with van der Waals surface area (Å²) in [4.78, 5) is 25.4. The van der Waals surface area contributed by atoms with Gasteiger partial charge in [0.25, 0.3) is 0 Å². The Hall–Kier alpha value is -2.69. The number of carbonyl (C=O) groups is 2. The maximum Gasteiger partial charge on any atom is 0.243 e. The summed E-state index contributed by atoms with van der Waals surface area (Å²) in [5.74, 6) is -0.916. The lowest BCUT2D eigenvalue weighted by molar-refractivity contribution is -0.129. The Kier molecular flexibility index (Phi) is 9.69. The first-order valence-electron chi connectivity index (χ1n) is 11.9. The smallest absolute Gasteiger partial charge is 0.243 e. The number of nitrogens with one attached hydrogen (secondary N) is 4. The zero-order valence-electron chi connectivity index (χ0n) is 20.3. The molecule has 0 aromatic heterocycles. The van der Waals surface area contributed by atoms with Gasteiger partial charge in [-0.3, -0.25) is 9.59 Å². The molecule has 8 nitrogen and oxygen atoms in total. The molecule has 0 fully saturated rings. The molecular formula is C25H32ClFN4O4S. The van der Waals surface area contributed by atoms with Gasteiger partial charge in [-0.2, -0.15) is 0 Å². The minimum atomic E-state index is -3.87. The molecule has 196 valence electrons. The van der Waals surface area contributed by atoms with Crippen LogP contribution in [0.3, 0.4) is 0 Å². The van der Waals surface area contributed by atoms with Crippen molar-refractivity contribution >= 4 is 39.1 Å². The molecule has 4 N–H and O–H groups in total. The van der Waals surface area contributed by atoms with Crippen molar-refractivity contribution in [1.29, 1.82) is 0 Å². The molecular weight excluding hydrogens is 507 g/mol. The Morgan fingerprint density at radius 2 is 1.86 bits per heavy atom. The molecule has 1 aliphatic rings. The fourth-order valence-electron chi connectivity index (χ4n) is 3.99. The lowest BCUT2D eigenvalue weighted by Gasteiger charge is -2.22. The quantitative estimate of drug-likeness (QED) is 0.310. The second kappa shape index (κ2) is 12.5. The predicted molar refractivity (Wildman–Crippen MR) is 138 cm³/mol. The molecule has 2 aromatic rings. The van der Waals surface area contributed by atoms with Crippen LogP contribution in [0.25, 0.3) is 0 Å². The van der Waals surface area contributed by atoms with E-state index in [2.05, 4.69) is 20.7 Å². The number of carbonyl (C=O) groups excluding carboxylic acids is 2. The molecule has 0 spiro atoms. The number of hydrogen-bond acceptors (Lipinski definition) is 5. The van der Waals surface area contributed by atoms with Crippen LogP contribution in [0.15, 0.2) is 47.4 Å². The molecule has 1 aliphatic heterocycles. The van der Waals surface area contributed by atoms with E-state index in [0.29, 0.717) is 32.2 Å². The summed E-state index contributed by atoms with van der Waals surface area (Å²) in [6.07, 6.45) is 2.05. The van der Waals surface area contributed by atoms with Gasteiger partial charge in [-0.25, -0.2) is 17.5 Å². The molecule has 0 radical (unpaired) electrons. The van der Waals surface area contributed by atoms with Crippen molar-refractivity contribution in [3.05, 3.63) is 58.9 Å². The van der Waals surface area contributed by atoms with Crippen molar-refractivity contribution in [2.24, 2.45) is 5.92 Å². The highest BCUT2D eigenvalue weighted by Gasteiger charge is 2.30. The molecule has 0 aliphatic carbocycles. The van der Waals surface area contributed by atoms with E-state index in [9.17, 15) is 22.4 Å². The summed E-state index contributed by atoms with van der Waals surface area (Å²) < 4.78 is 40.3. The second-order valence-corrected chi connectivity index (χ2v) is 11.4. The average Bonchev–Trinajstić information content (AvgIpc) is 3.24. The van der Waals surface area contributed by atoms with Crippen LogP contribution in [0.5, 0.6) is 0 Å². The third kappa shape index (κ3) is 7.65. The number of amides is 2. The van der Waals surface area contributed by atoms with Crippen LogP contribution in [0.2, 0.25) is 5.02 Å². The minimum absolute atomic E-state index is 0.131. The monoisotopic (exact) mass is 538 g/mol. The lowest BCUT2D eigenvalue weighted by Crippen LogP contribution is -2.51. The van der Waals surface area contributed by atoms with Crippen LogP contribution in [0.4, 0.5) is 10.1 Å². The molecule has 2 atom stereocenters. The topological polar surface area (TPSA) is 116 Å². The van der Waals surface area contributed by atoms with Gasteiger partial charge in [-0.05, 0) is 55.0 Å². The normalized spacial score (nSPS) is 15.8. The molecule has 1 unspecified atom stereocenters. The van der Waals surface area contributed by atoms with Crippen LogP contribution >= 0.6 is 11.6 Å². The van der Waals surface area contributed by atoms with Crippen LogP contribution in [0.1, 0.15) is 38.7 Å². The summed E-state index contributed by atoms with van der Waals surface area (Å²) in [7, 11) is -3.87. The number of para-hydroxylation sites is 1. The van der Waals surface area contributed by atoms with Crippen molar-refractivity contribution in [3.63, 3.8) is 0 Å². The molecule has 0 saturated heterocycles. The summed E-state index contributed by atoms with van der Waals surface area (Å²) in [5, 5.41) is 8.72. The molecule has 3 rings (SSSR count). The van der Waals surface area contributed by atoms with Gasteiger partial charge in [0, 0.05) is 25.2 Å². The highest BCUT2D eigenvalue weighted by Crippen LogP contribution is 2.25. The van der Waals surface area contributed by atoms with E-state index in [0.717, 1.165) is 29.4 Å². The van der Waals surface area contributed by atoms with Crippen molar-refractivity contribution in [3.8, 4) is 0 Å². The predicted octanol–water partition coefficient (Wildman–Crippen LogP) is 3.22. The van der Waals surface area contributed by atoms with E-state index in [-0.39, 0.29) is 34.2 Å². The number of sulfonamides is 1. The zero-order valence-corrected chi connectivity index (χ0v) is 21.9. The fourth-order valence-corrected chi connectivity index (χ4v) is 5.60. The Morgan fingerprint density at radius 3 is 2.56 bits per heavy atom. The standard InChI is InChI=1S/C25H32ClFN4O4S/c1-16(2)13-21(31-25(33)22-14-17-7-3-4-8-20(17)30-22)24(32)28-11-5-6-12-29-36(34,35)23-10-9-18(27)15-19(23)26/h3-4,7-10,15-16,21-22,29-30H,5-6,11-14H2,1-2H3,(H,28,32)(H,31,33)/t21-,22?/m0/s1. The van der Waals surface area contributed by atoms with Gasteiger partial charge in [0.1, 0.15) is 22.8 Å². The molecule has 0 saturated carbocycles. The highest BCUT2D eigenvalue weighted by atomic mass is 35.5. The van der Waals surface area contributed by atoms with Gasteiger partial charge >= 0.3 is 0 Å². The van der Waals surface area contributed by atoms with Gasteiger partial charge in [0.05, 0.1) is 5.02 Å². The van der Waals surface area contributed by atoms with Crippen molar-refractivity contribution in [2.45, 2.75) is 56.5 Å². The van der Waals surface area contributed by atoms with Gasteiger partial charge < -0.3 is 16.0 Å². The maximum absolute atomic E-state index is 13.2. The van der Waals surface area contributed by atoms with Gasteiger partial charge in [-0.15, -0.1) is 0 Å². The molecule has 0 bridgehead atoms. The Labute approximate surface area is 216 Å². The number of fused-ring (bicyclic) bond motifs is 1. The van der Waals surface area contributed by atoms with Crippen molar-refractivity contribution < 1.29 is 22.4 Å². The van der Waals surface area contributed by atoms with Crippen LogP contribution in [0, 0.1) is 11.7 Å². The zero-order chi connectivity index (χ0) is 26.3. The van der Waals surface area contributed by atoms with Crippen LogP contribution in [-0.4, -0.2) is 45.4 Å². The maximum atomic E-state index is 13.2. The van der Waals surface area contributed by atoms with Gasteiger partial charge in [0.2, 0.25) is 21.8 Å². The Bertz CT molecular complexity index is 1170. The molecule has 36 heavy (non-hydrogen) atoms. The van der Waals surface area contributed by atoms with Crippen LogP contribution < -0.4 is 20.7 Å². The fraction of sp³-hybridized carbons (Fsp3) is 0.440. The van der Waals surface area contributed by atoms with E-state index < -0.39 is 27.9 Å². The van der Waals surface area contributed by atoms with Gasteiger partial charge in [0.15, 0.2) is 0 Å². The Morgan fingerprint density at radius 1 is 1.14 bits per heavy atom. The number of unbranched alkanes of at least 4 members (excludes halogenated alkanes) is 1. The number of hydrogen-bond donors (Lipinski definition) is 4. The Balaban J connectivity index is 1.43.